The number of carboxylic acid groups (broad SMARTS) is 1. The van der Waals surface area contributed by atoms with Crippen molar-refractivity contribution in [1.82, 2.24) is 0 Å². The molecule has 5 heteroatoms. The second kappa shape index (κ2) is 7.30. The molecule has 0 fully saturated rings. The molecule has 0 bridgehead atoms. The van der Waals surface area contributed by atoms with Crippen LogP contribution in [0.25, 0.3) is 0 Å². The Kier molecular flexibility index (Phi) is 6.03. The molecule has 1 atom stereocenters. The molecule has 1 N–H and O–H groups in total. The number of carbonyl (C=O) groups is 1. The van der Waals surface area contributed by atoms with Gasteiger partial charge in [-0.3, -0.25) is 4.79 Å². The van der Waals surface area contributed by atoms with Crippen molar-refractivity contribution in [3.63, 3.8) is 0 Å². The first-order chi connectivity index (χ1) is 9.42. The maximum Gasteiger partial charge on any atom is 0.308 e. The van der Waals surface area contributed by atoms with E-state index in [2.05, 4.69) is 17.9 Å². The lowest BCUT2D eigenvalue weighted by molar-refractivity contribution is -0.140. The summed E-state index contributed by atoms with van der Waals surface area (Å²) in [5, 5.41) is 19.4. The van der Waals surface area contributed by atoms with Crippen LogP contribution in [0.2, 0.25) is 0 Å². The van der Waals surface area contributed by atoms with E-state index in [4.69, 9.17) is 5.11 Å². The molecule has 0 radical (unpaired) electrons. The van der Waals surface area contributed by atoms with Gasteiger partial charge in [-0.15, -0.1) is 11.3 Å². The van der Waals surface area contributed by atoms with Crippen LogP contribution >= 0.6 is 11.3 Å². The minimum absolute atomic E-state index is 0.443. The van der Waals surface area contributed by atoms with Gasteiger partial charge in [0.15, 0.2) is 0 Å². The highest BCUT2D eigenvalue weighted by atomic mass is 32.1. The van der Waals surface area contributed by atoms with Crippen LogP contribution in [-0.2, 0) is 4.79 Å². The Morgan fingerprint density at radius 2 is 2.15 bits per heavy atom. The molecule has 20 heavy (non-hydrogen) atoms. The normalized spacial score (nSPS) is 11.9. The second-order valence-electron chi connectivity index (χ2n) is 5.11. The van der Waals surface area contributed by atoms with Crippen LogP contribution in [0.1, 0.15) is 42.7 Å². The summed E-state index contributed by atoms with van der Waals surface area (Å²) in [5.41, 5.74) is 1.71. The molecule has 0 aliphatic rings. The first-order valence-electron chi connectivity index (χ1n) is 6.90. The van der Waals surface area contributed by atoms with Gasteiger partial charge in [0.1, 0.15) is 11.1 Å². The maximum absolute atomic E-state index is 11.1. The Bertz CT molecular complexity index is 517. The Balaban J connectivity index is 3.07. The fourth-order valence-corrected chi connectivity index (χ4v) is 3.14. The topological polar surface area (TPSA) is 64.3 Å². The third-order valence-corrected chi connectivity index (χ3v) is 4.73. The van der Waals surface area contributed by atoms with E-state index in [0.29, 0.717) is 12.1 Å². The van der Waals surface area contributed by atoms with Crippen molar-refractivity contribution in [1.29, 1.82) is 5.26 Å². The maximum atomic E-state index is 11.1. The molecule has 0 aromatic carbocycles. The number of hydrogen-bond donors (Lipinski definition) is 1. The summed E-state index contributed by atoms with van der Waals surface area (Å²) < 4.78 is 0. The summed E-state index contributed by atoms with van der Waals surface area (Å²) in [6, 6.07) is 2.27. The molecule has 0 aliphatic heterocycles. The molecule has 0 aliphatic carbocycles. The lowest BCUT2D eigenvalue weighted by Crippen LogP contribution is -2.32. The Morgan fingerprint density at radius 1 is 1.50 bits per heavy atom. The van der Waals surface area contributed by atoms with E-state index in [0.717, 1.165) is 34.8 Å². The molecular weight excluding hydrogens is 272 g/mol. The highest BCUT2D eigenvalue weighted by molar-refractivity contribution is 7.16. The zero-order chi connectivity index (χ0) is 15.3. The van der Waals surface area contributed by atoms with Crippen molar-refractivity contribution in [2.75, 3.05) is 18.0 Å². The zero-order valence-corrected chi connectivity index (χ0v) is 13.4. The van der Waals surface area contributed by atoms with E-state index >= 15 is 0 Å². The molecular formula is C15H22N2O2S. The molecule has 4 nitrogen and oxygen atoms in total. The van der Waals surface area contributed by atoms with Crippen molar-refractivity contribution in [3.8, 4) is 6.07 Å². The number of nitrogens with zero attached hydrogens (tertiary/aromatic N) is 2. The van der Waals surface area contributed by atoms with Gasteiger partial charge in [0, 0.05) is 18.0 Å². The van der Waals surface area contributed by atoms with Crippen LogP contribution in [0.4, 0.5) is 5.00 Å². The van der Waals surface area contributed by atoms with Gasteiger partial charge in [-0.05, 0) is 25.8 Å². The third kappa shape index (κ3) is 3.73. The highest BCUT2D eigenvalue weighted by Crippen LogP contribution is 2.35. The molecule has 110 valence electrons. The SMILES string of the molecule is CCCCN(CC(C)C(=O)O)c1sc(C)c(C)c1C#N. The molecule has 1 rings (SSSR count). The number of nitriles is 1. The lowest BCUT2D eigenvalue weighted by Gasteiger charge is -2.25. The largest absolute Gasteiger partial charge is 0.481 e. The molecule has 0 saturated heterocycles. The Hall–Kier alpha value is -1.54. The second-order valence-corrected chi connectivity index (χ2v) is 6.32. The van der Waals surface area contributed by atoms with Gasteiger partial charge >= 0.3 is 5.97 Å². The van der Waals surface area contributed by atoms with E-state index in [1.54, 1.807) is 18.3 Å². The van der Waals surface area contributed by atoms with Crippen molar-refractivity contribution in [3.05, 3.63) is 16.0 Å². The zero-order valence-electron chi connectivity index (χ0n) is 12.6. The molecule has 0 saturated carbocycles. The van der Waals surface area contributed by atoms with Crippen molar-refractivity contribution < 1.29 is 9.90 Å². The average Bonchev–Trinajstić information content (AvgIpc) is 2.69. The standard InChI is InChI=1S/C15H22N2O2S/c1-5-6-7-17(9-10(2)15(18)19)14-13(8-16)11(3)12(4)20-14/h10H,5-7,9H2,1-4H3,(H,18,19). The van der Waals surface area contributed by atoms with Crippen LogP contribution in [0.5, 0.6) is 0 Å². The van der Waals surface area contributed by atoms with Gasteiger partial charge in [0.05, 0.1) is 11.5 Å². The van der Waals surface area contributed by atoms with Gasteiger partial charge in [-0.1, -0.05) is 20.3 Å². The number of carboxylic acids is 1. The number of thiophene rings is 1. The van der Waals surface area contributed by atoms with Crippen LogP contribution in [0.3, 0.4) is 0 Å². The first kappa shape index (κ1) is 16.5. The quantitative estimate of drug-likeness (QED) is 0.835. The van der Waals surface area contributed by atoms with Gasteiger partial charge in [0.2, 0.25) is 0 Å². The van der Waals surface area contributed by atoms with Crippen LogP contribution in [0.15, 0.2) is 0 Å². The monoisotopic (exact) mass is 294 g/mol. The van der Waals surface area contributed by atoms with Crippen molar-refractivity contribution in [2.24, 2.45) is 5.92 Å². The van der Waals surface area contributed by atoms with Gasteiger partial charge < -0.3 is 10.0 Å². The molecule has 1 heterocycles. The van der Waals surface area contributed by atoms with Crippen LogP contribution in [-0.4, -0.2) is 24.2 Å². The highest BCUT2D eigenvalue weighted by Gasteiger charge is 2.22. The summed E-state index contributed by atoms with van der Waals surface area (Å²) in [6.45, 7) is 9.01. The van der Waals surface area contributed by atoms with E-state index in [9.17, 15) is 10.1 Å². The van der Waals surface area contributed by atoms with E-state index < -0.39 is 11.9 Å². The summed E-state index contributed by atoms with van der Waals surface area (Å²) in [6.07, 6.45) is 2.04. The number of anilines is 1. The van der Waals surface area contributed by atoms with Crippen LogP contribution in [0, 0.1) is 31.1 Å². The van der Waals surface area contributed by atoms with Gasteiger partial charge in [-0.2, -0.15) is 5.26 Å². The van der Waals surface area contributed by atoms with E-state index in [1.165, 1.54) is 0 Å². The Morgan fingerprint density at radius 3 is 2.65 bits per heavy atom. The molecule has 1 unspecified atom stereocenters. The number of unbranched alkanes of at least 4 members (excludes halogenated alkanes) is 1. The average molecular weight is 294 g/mol. The molecule has 1 aromatic heterocycles. The number of aliphatic carboxylic acids is 1. The summed E-state index contributed by atoms with van der Waals surface area (Å²) >= 11 is 1.59. The van der Waals surface area contributed by atoms with Crippen molar-refractivity contribution >= 4 is 22.3 Å². The summed E-state index contributed by atoms with van der Waals surface area (Å²) in [7, 11) is 0. The van der Waals surface area contributed by atoms with E-state index in [-0.39, 0.29) is 0 Å². The predicted octanol–water partition coefficient (Wildman–Crippen LogP) is 3.56. The molecule has 0 spiro atoms. The van der Waals surface area contributed by atoms with Gasteiger partial charge in [-0.25, -0.2) is 0 Å². The number of aryl methyl sites for hydroxylation is 1. The number of hydrogen-bond acceptors (Lipinski definition) is 4. The third-order valence-electron chi connectivity index (χ3n) is 3.46. The fraction of sp³-hybridized carbons (Fsp3) is 0.600. The lowest BCUT2D eigenvalue weighted by atomic mass is 10.1. The van der Waals surface area contributed by atoms with Crippen LogP contribution < -0.4 is 4.90 Å². The Labute approximate surface area is 124 Å². The summed E-state index contributed by atoms with van der Waals surface area (Å²) in [4.78, 5) is 14.3. The molecule has 0 amide bonds. The first-order valence-corrected chi connectivity index (χ1v) is 7.71. The van der Waals surface area contributed by atoms with Gasteiger partial charge in [0.25, 0.3) is 0 Å². The fourth-order valence-electron chi connectivity index (χ4n) is 2.00. The minimum atomic E-state index is -0.796. The predicted molar refractivity (Wildman–Crippen MR) is 82.4 cm³/mol. The van der Waals surface area contributed by atoms with E-state index in [1.807, 2.05) is 13.8 Å². The summed E-state index contributed by atoms with van der Waals surface area (Å²) in [5.74, 6) is -1.24. The minimum Gasteiger partial charge on any atom is -0.481 e. The smallest absolute Gasteiger partial charge is 0.308 e. The van der Waals surface area contributed by atoms with Crippen molar-refractivity contribution in [2.45, 2.75) is 40.5 Å². The number of rotatable bonds is 7. The molecule has 1 aromatic rings.